The maximum atomic E-state index is 6.93. The summed E-state index contributed by atoms with van der Waals surface area (Å²) in [5.41, 5.74) is 30.0. The van der Waals surface area contributed by atoms with Gasteiger partial charge in [-0.25, -0.2) is 0 Å². The maximum absolute atomic E-state index is 6.93. The van der Waals surface area contributed by atoms with Gasteiger partial charge in [-0.15, -0.1) is 27.3 Å². The van der Waals surface area contributed by atoms with Crippen LogP contribution in [-0.4, -0.2) is 118 Å². The molecule has 242 valence electrons. The molecule has 0 saturated carbocycles. The van der Waals surface area contributed by atoms with Gasteiger partial charge in [0, 0.05) is 10.8 Å². The summed E-state index contributed by atoms with van der Waals surface area (Å²) in [6.45, 7) is 0. The number of benzene rings is 7. The molecule has 0 unspecified atom stereocenters. The van der Waals surface area contributed by atoms with E-state index in [0.717, 1.165) is 11.2 Å². The molecule has 0 aliphatic carbocycles. The lowest BCUT2D eigenvalue weighted by molar-refractivity contribution is 0.675. The van der Waals surface area contributed by atoms with Crippen LogP contribution in [0.25, 0.3) is 76.9 Å². The summed E-state index contributed by atoms with van der Waals surface area (Å²) >= 11 is 0. The Kier molecular flexibility index (Phi) is 8.83. The van der Waals surface area contributed by atoms with Crippen LogP contribution in [0, 0.1) is 0 Å². The first-order valence-corrected chi connectivity index (χ1v) is 19.6. The van der Waals surface area contributed by atoms with Crippen molar-refractivity contribution in [3.8, 4) is 33.4 Å². The van der Waals surface area contributed by atoms with Crippen molar-refractivity contribution in [2.45, 2.75) is 0 Å². The zero-order chi connectivity index (χ0) is 38.8. The fraction of sp³-hybridized carbons (Fsp3) is 0. The molecule has 1 aromatic heterocycles. The van der Waals surface area contributed by atoms with E-state index in [1.165, 1.54) is 148 Å². The van der Waals surface area contributed by atoms with Crippen LogP contribution < -0.4 is 81.9 Å². The minimum atomic E-state index is 1.03. The summed E-state index contributed by atoms with van der Waals surface area (Å²) in [7, 11) is 34.8. The molecule has 0 bridgehead atoms. The van der Waals surface area contributed by atoms with Gasteiger partial charge in [-0.05, 0) is 54.9 Å². The van der Waals surface area contributed by atoms with E-state index in [2.05, 4.69) is 172 Å². The summed E-state index contributed by atoms with van der Waals surface area (Å²) in [6, 6.07) is 20.1. The standard InChI is InChI=1S/C38H39B15O/c39-22-19(27(44)35(52)37-20(22)21-28(45)33(50)34(51)36(53)38(21)54-37)14-17-15(23(40)29(46)31(48)25(17)42)13(16-18(14)26(43)32(49)30(47)24(16)41)12-8-6-11(7-9-12)10-4-2-1-3-5-10/h1-9H,39-53H2. The van der Waals surface area contributed by atoms with E-state index in [1.54, 1.807) is 0 Å². The number of furan rings is 1. The third kappa shape index (κ3) is 4.93. The first kappa shape index (κ1) is 36.8. The molecule has 16 heteroatoms. The van der Waals surface area contributed by atoms with Gasteiger partial charge in [-0.2, -0.15) is 0 Å². The lowest BCUT2D eigenvalue weighted by Gasteiger charge is -2.29. The van der Waals surface area contributed by atoms with E-state index in [9.17, 15) is 0 Å². The Morgan fingerprint density at radius 1 is 0.241 bits per heavy atom. The molecule has 0 radical (unpaired) electrons. The van der Waals surface area contributed by atoms with Crippen molar-refractivity contribution in [2.24, 2.45) is 0 Å². The zero-order valence-corrected chi connectivity index (χ0v) is 35.1. The molecule has 0 amide bonds. The molecule has 1 heterocycles. The molecule has 0 spiro atoms. The summed E-state index contributed by atoms with van der Waals surface area (Å²) in [5.74, 6) is 0. The molecule has 8 rings (SSSR count). The summed E-state index contributed by atoms with van der Waals surface area (Å²) in [5, 5.41) is 8.07. The van der Waals surface area contributed by atoms with E-state index >= 15 is 0 Å². The SMILES string of the molecule is Bc1c(B)c(B)c2c(oc3c(B)c(B)c(-c4c5c(B)c(B)c(B)c(B)c5c(-c5ccc(-c6ccccc6)cc5)c5c(B)c(B)c(B)c(B)c45)c(B)c32)c1B. The number of hydrogen-bond donors (Lipinski definition) is 0. The second kappa shape index (κ2) is 13.0. The molecular weight excluding hydrogens is 635 g/mol. The number of rotatable bonds is 3. The van der Waals surface area contributed by atoms with Crippen LogP contribution in [0.3, 0.4) is 0 Å². The van der Waals surface area contributed by atoms with Crippen molar-refractivity contribution in [3.63, 3.8) is 0 Å². The Morgan fingerprint density at radius 2 is 0.574 bits per heavy atom. The van der Waals surface area contributed by atoms with Crippen molar-refractivity contribution in [1.82, 2.24) is 0 Å². The highest BCUT2D eigenvalue weighted by molar-refractivity contribution is 6.73. The van der Waals surface area contributed by atoms with Gasteiger partial charge in [-0.1, -0.05) is 109 Å². The molecule has 0 saturated heterocycles. The fourth-order valence-corrected chi connectivity index (χ4v) is 9.86. The van der Waals surface area contributed by atoms with Crippen molar-refractivity contribution < 1.29 is 4.42 Å². The van der Waals surface area contributed by atoms with E-state index in [-0.39, 0.29) is 0 Å². The smallest absolute Gasteiger partial charge is 0.143 e. The van der Waals surface area contributed by atoms with Gasteiger partial charge in [0.2, 0.25) is 0 Å². The predicted molar refractivity (Wildman–Crippen MR) is 288 cm³/mol. The fourth-order valence-electron chi connectivity index (χ4n) is 9.86. The van der Waals surface area contributed by atoms with Crippen LogP contribution in [0.5, 0.6) is 0 Å². The van der Waals surface area contributed by atoms with E-state index < -0.39 is 0 Å². The molecule has 0 aliphatic rings. The van der Waals surface area contributed by atoms with Gasteiger partial charge in [0.15, 0.2) is 0 Å². The quantitative estimate of drug-likeness (QED) is 0.134. The van der Waals surface area contributed by atoms with Crippen LogP contribution in [0.4, 0.5) is 0 Å². The maximum Gasteiger partial charge on any atom is 0.143 e. The van der Waals surface area contributed by atoms with Gasteiger partial charge >= 0.3 is 0 Å². The predicted octanol–water partition coefficient (Wildman–Crippen LogP) is -15.2. The van der Waals surface area contributed by atoms with E-state index in [0.29, 0.717) is 0 Å². The highest BCUT2D eigenvalue weighted by atomic mass is 16.3. The van der Waals surface area contributed by atoms with Gasteiger partial charge in [0.05, 0.1) is 0 Å². The molecule has 54 heavy (non-hydrogen) atoms. The minimum Gasteiger partial charge on any atom is -0.457 e. The normalized spacial score (nSPS) is 11.7. The molecule has 1 nitrogen and oxygen atoms in total. The van der Waals surface area contributed by atoms with Gasteiger partial charge in [-0.3, -0.25) is 0 Å². The Hall–Kier alpha value is -4.17. The molecule has 0 N–H and O–H groups in total. The Morgan fingerprint density at radius 3 is 1.04 bits per heavy atom. The summed E-state index contributed by atoms with van der Waals surface area (Å²) < 4.78 is 6.93. The molecule has 0 aliphatic heterocycles. The Bertz CT molecular complexity index is 2890. The third-order valence-corrected chi connectivity index (χ3v) is 14.2. The van der Waals surface area contributed by atoms with Crippen LogP contribution >= 0.6 is 0 Å². The molecule has 7 aromatic carbocycles. The largest absolute Gasteiger partial charge is 0.457 e. The molecular formula is C38H39B15O. The van der Waals surface area contributed by atoms with Crippen LogP contribution in [0.1, 0.15) is 0 Å². The van der Waals surface area contributed by atoms with Gasteiger partial charge < -0.3 is 4.42 Å². The number of fused-ring (bicyclic) bond motifs is 5. The van der Waals surface area contributed by atoms with Crippen molar-refractivity contribution in [1.29, 1.82) is 0 Å². The highest BCUT2D eigenvalue weighted by Gasteiger charge is 2.29. The summed E-state index contributed by atoms with van der Waals surface area (Å²) in [6.07, 6.45) is 0. The van der Waals surface area contributed by atoms with Crippen LogP contribution in [-0.2, 0) is 0 Å². The molecule has 0 atom stereocenters. The average molecular weight is 674 g/mol. The Labute approximate surface area is 333 Å². The highest BCUT2D eigenvalue weighted by Crippen LogP contribution is 2.41. The summed E-state index contributed by atoms with van der Waals surface area (Å²) in [4.78, 5) is 0. The lowest BCUT2D eigenvalue weighted by Crippen LogP contribution is -2.50. The monoisotopic (exact) mass is 676 g/mol. The Balaban J connectivity index is 1.65. The molecule has 0 fully saturated rings. The van der Waals surface area contributed by atoms with Gasteiger partial charge in [0.25, 0.3) is 0 Å². The van der Waals surface area contributed by atoms with Crippen LogP contribution in [0.2, 0.25) is 0 Å². The lowest BCUT2D eigenvalue weighted by atomic mass is 9.58. The second-order valence-corrected chi connectivity index (χ2v) is 16.5. The third-order valence-electron chi connectivity index (χ3n) is 14.2. The molecule has 8 aromatic rings. The number of hydrogen-bond acceptors (Lipinski definition) is 1. The van der Waals surface area contributed by atoms with Crippen molar-refractivity contribution in [3.05, 3.63) is 54.6 Å². The topological polar surface area (TPSA) is 13.1 Å². The van der Waals surface area contributed by atoms with Gasteiger partial charge in [0.1, 0.15) is 129 Å². The van der Waals surface area contributed by atoms with Crippen LogP contribution in [0.15, 0.2) is 59.0 Å². The minimum absolute atomic E-state index is 1.03. The second-order valence-electron chi connectivity index (χ2n) is 16.5. The van der Waals surface area contributed by atoms with E-state index in [1.807, 2.05) is 0 Å². The van der Waals surface area contributed by atoms with Crippen molar-refractivity contribution in [2.75, 3.05) is 0 Å². The van der Waals surface area contributed by atoms with E-state index in [4.69, 9.17) is 4.42 Å². The first-order chi connectivity index (χ1) is 25.6. The van der Waals surface area contributed by atoms with Crippen molar-refractivity contribution >= 4 is 243 Å². The average Bonchev–Trinajstić information content (AvgIpc) is 3.59. The first-order valence-electron chi connectivity index (χ1n) is 19.6. The zero-order valence-electron chi connectivity index (χ0n) is 35.1.